The van der Waals surface area contributed by atoms with Gasteiger partial charge >= 0.3 is 5.97 Å². The van der Waals surface area contributed by atoms with E-state index in [0.717, 1.165) is 11.3 Å². The minimum Gasteiger partial charge on any atom is -0.480 e. The van der Waals surface area contributed by atoms with Gasteiger partial charge in [0.2, 0.25) is 5.91 Å². The highest BCUT2D eigenvalue weighted by Gasteiger charge is 2.20. The van der Waals surface area contributed by atoms with Crippen LogP contribution in [0.25, 0.3) is 0 Å². The van der Waals surface area contributed by atoms with E-state index in [4.69, 9.17) is 5.11 Å². The van der Waals surface area contributed by atoms with Crippen molar-refractivity contribution in [3.63, 3.8) is 0 Å². The summed E-state index contributed by atoms with van der Waals surface area (Å²) in [7, 11) is 1.75. The lowest BCUT2D eigenvalue weighted by molar-refractivity contribution is -0.140. The number of carbonyl (C=O) groups excluding carboxylic acids is 1. The highest BCUT2D eigenvalue weighted by atomic mass is 32.1. The third-order valence-corrected chi connectivity index (χ3v) is 4.15. The van der Waals surface area contributed by atoms with Crippen LogP contribution in [0.2, 0.25) is 0 Å². The zero-order valence-corrected chi connectivity index (χ0v) is 13.0. The lowest BCUT2D eigenvalue weighted by Gasteiger charge is -2.28. The molecule has 0 spiro atoms. The Kier molecular flexibility index (Phi) is 6.67. The van der Waals surface area contributed by atoms with Gasteiger partial charge in [0.1, 0.15) is 0 Å². The normalized spacial score (nSPS) is 12.4. The van der Waals surface area contributed by atoms with Gasteiger partial charge in [-0.2, -0.15) is 0 Å². The lowest BCUT2D eigenvalue weighted by atomic mass is 10.2. The number of thiophene rings is 1. The molecule has 20 heavy (non-hydrogen) atoms. The fraction of sp³-hybridized carbons (Fsp3) is 0.571. The van der Waals surface area contributed by atoms with Crippen molar-refractivity contribution in [2.45, 2.75) is 32.9 Å². The van der Waals surface area contributed by atoms with E-state index in [9.17, 15) is 9.59 Å². The predicted molar refractivity (Wildman–Crippen MR) is 79.8 cm³/mol. The maximum Gasteiger partial charge on any atom is 0.317 e. The first kappa shape index (κ1) is 16.7. The summed E-state index contributed by atoms with van der Waals surface area (Å²) in [5.74, 6) is -0.959. The van der Waals surface area contributed by atoms with E-state index in [1.807, 2.05) is 31.4 Å². The van der Waals surface area contributed by atoms with Crippen molar-refractivity contribution in [1.82, 2.24) is 9.80 Å². The third-order valence-electron chi connectivity index (χ3n) is 3.29. The molecule has 0 bridgehead atoms. The number of rotatable bonds is 8. The molecule has 1 atom stereocenters. The van der Waals surface area contributed by atoms with Crippen LogP contribution in [0.4, 0.5) is 0 Å². The molecule has 0 aliphatic rings. The summed E-state index contributed by atoms with van der Waals surface area (Å²) in [4.78, 5) is 27.5. The van der Waals surface area contributed by atoms with E-state index in [0.29, 0.717) is 6.54 Å². The molecule has 0 aliphatic carbocycles. The molecule has 0 aromatic carbocycles. The Morgan fingerprint density at radius 3 is 2.60 bits per heavy atom. The molecule has 6 heteroatoms. The van der Waals surface area contributed by atoms with E-state index in [1.165, 1.54) is 0 Å². The molecule has 5 nitrogen and oxygen atoms in total. The van der Waals surface area contributed by atoms with E-state index < -0.39 is 5.97 Å². The number of likely N-dealkylation sites (N-methyl/N-ethyl adjacent to an activating group) is 1. The van der Waals surface area contributed by atoms with E-state index in [-0.39, 0.29) is 25.0 Å². The Morgan fingerprint density at radius 1 is 1.40 bits per heavy atom. The second kappa shape index (κ2) is 8.01. The molecular formula is C14H22N2O3S. The first-order valence-electron chi connectivity index (χ1n) is 6.66. The number of hydrogen-bond donors (Lipinski definition) is 1. The van der Waals surface area contributed by atoms with Gasteiger partial charge < -0.3 is 10.0 Å². The maximum atomic E-state index is 12.2. The van der Waals surface area contributed by atoms with Crippen LogP contribution in [0, 0.1) is 0 Å². The number of carboxylic acid groups (broad SMARTS) is 1. The molecule has 1 aromatic heterocycles. The van der Waals surface area contributed by atoms with Crippen molar-refractivity contribution in [1.29, 1.82) is 0 Å². The molecule has 112 valence electrons. The number of carboxylic acids is 1. The Bertz CT molecular complexity index is 434. The molecule has 0 radical (unpaired) electrons. The van der Waals surface area contributed by atoms with Crippen LogP contribution in [-0.2, 0) is 16.1 Å². The average molecular weight is 298 g/mol. The van der Waals surface area contributed by atoms with Crippen LogP contribution in [0.5, 0.6) is 0 Å². The maximum absolute atomic E-state index is 12.2. The monoisotopic (exact) mass is 298 g/mol. The van der Waals surface area contributed by atoms with Crippen molar-refractivity contribution in [2.24, 2.45) is 0 Å². The molecule has 1 amide bonds. The summed E-state index contributed by atoms with van der Waals surface area (Å²) >= 11 is 1.61. The summed E-state index contributed by atoms with van der Waals surface area (Å²) in [6.07, 6.45) is 0.815. The van der Waals surface area contributed by atoms with Crippen molar-refractivity contribution in [3.8, 4) is 0 Å². The number of nitrogens with zero attached hydrogens (tertiary/aromatic N) is 2. The minimum atomic E-state index is -0.904. The molecule has 0 fully saturated rings. The van der Waals surface area contributed by atoms with Gasteiger partial charge in [0.15, 0.2) is 0 Å². The van der Waals surface area contributed by atoms with Gasteiger partial charge in [0.05, 0.1) is 19.6 Å². The highest BCUT2D eigenvalue weighted by molar-refractivity contribution is 7.09. The van der Waals surface area contributed by atoms with Crippen molar-refractivity contribution >= 4 is 23.2 Å². The van der Waals surface area contributed by atoms with Crippen LogP contribution in [0.15, 0.2) is 17.5 Å². The second-order valence-corrected chi connectivity index (χ2v) is 5.92. The molecular weight excluding hydrogens is 276 g/mol. The number of amides is 1. The third kappa shape index (κ3) is 5.30. The largest absolute Gasteiger partial charge is 0.480 e. The van der Waals surface area contributed by atoms with Crippen molar-refractivity contribution < 1.29 is 14.7 Å². The second-order valence-electron chi connectivity index (χ2n) is 4.89. The lowest BCUT2D eigenvalue weighted by Crippen LogP contribution is -2.44. The molecule has 1 unspecified atom stereocenters. The summed E-state index contributed by atoms with van der Waals surface area (Å²) in [6, 6.07) is 4.01. The SMILES string of the molecule is CCC(C)N(CC(=O)O)CC(=O)N(C)Cc1cccs1. The van der Waals surface area contributed by atoms with Crippen LogP contribution >= 0.6 is 11.3 Å². The quantitative estimate of drug-likeness (QED) is 0.796. The first-order valence-corrected chi connectivity index (χ1v) is 7.54. The summed E-state index contributed by atoms with van der Waals surface area (Å²) in [6.45, 7) is 4.53. The van der Waals surface area contributed by atoms with Gasteiger partial charge in [-0.3, -0.25) is 14.5 Å². The Morgan fingerprint density at radius 2 is 2.10 bits per heavy atom. The van der Waals surface area contributed by atoms with Gasteiger partial charge in [-0.15, -0.1) is 11.3 Å². The molecule has 0 saturated carbocycles. The number of hydrogen-bond acceptors (Lipinski definition) is 4. The van der Waals surface area contributed by atoms with Crippen LogP contribution in [0.3, 0.4) is 0 Å². The Hall–Kier alpha value is -1.40. The predicted octanol–water partition coefficient (Wildman–Crippen LogP) is 1.89. The highest BCUT2D eigenvalue weighted by Crippen LogP contribution is 2.11. The topological polar surface area (TPSA) is 60.9 Å². The van der Waals surface area contributed by atoms with Crippen molar-refractivity contribution in [2.75, 3.05) is 20.1 Å². The fourth-order valence-corrected chi connectivity index (χ4v) is 2.58. The van der Waals surface area contributed by atoms with Crippen LogP contribution in [-0.4, -0.2) is 53.0 Å². The summed E-state index contributed by atoms with van der Waals surface area (Å²) in [5, 5.41) is 10.9. The van der Waals surface area contributed by atoms with E-state index in [2.05, 4.69) is 0 Å². The molecule has 1 heterocycles. The average Bonchev–Trinajstić information content (AvgIpc) is 2.89. The van der Waals surface area contributed by atoms with E-state index >= 15 is 0 Å². The molecule has 1 aromatic rings. The van der Waals surface area contributed by atoms with Crippen LogP contribution in [0.1, 0.15) is 25.1 Å². The summed E-state index contributed by atoms with van der Waals surface area (Å²) < 4.78 is 0. The Balaban J connectivity index is 2.57. The van der Waals surface area contributed by atoms with Crippen LogP contribution < -0.4 is 0 Å². The number of carbonyl (C=O) groups is 2. The van der Waals surface area contributed by atoms with Gasteiger partial charge in [-0.1, -0.05) is 13.0 Å². The van der Waals surface area contributed by atoms with Gasteiger partial charge in [0, 0.05) is 18.0 Å². The first-order chi connectivity index (χ1) is 9.43. The molecule has 1 rings (SSSR count). The van der Waals surface area contributed by atoms with Gasteiger partial charge in [0.25, 0.3) is 0 Å². The van der Waals surface area contributed by atoms with Gasteiger partial charge in [-0.25, -0.2) is 0 Å². The minimum absolute atomic E-state index is 0.0556. The smallest absolute Gasteiger partial charge is 0.317 e. The number of aliphatic carboxylic acids is 1. The zero-order valence-electron chi connectivity index (χ0n) is 12.2. The zero-order chi connectivity index (χ0) is 15.1. The molecule has 0 aliphatic heterocycles. The molecule has 1 N–H and O–H groups in total. The Labute approximate surface area is 123 Å². The van der Waals surface area contributed by atoms with Crippen molar-refractivity contribution in [3.05, 3.63) is 22.4 Å². The van der Waals surface area contributed by atoms with E-state index in [1.54, 1.807) is 28.2 Å². The summed E-state index contributed by atoms with van der Waals surface area (Å²) in [5.41, 5.74) is 0. The fourth-order valence-electron chi connectivity index (χ4n) is 1.82. The standard InChI is InChI=1S/C14H22N2O3S/c1-4-11(2)16(10-14(18)19)9-13(17)15(3)8-12-6-5-7-20-12/h5-7,11H,4,8-10H2,1-3H3,(H,18,19). The molecule has 0 saturated heterocycles. The van der Waals surface area contributed by atoms with Gasteiger partial charge in [-0.05, 0) is 24.8 Å².